The number of thiophene rings is 1. The number of carbonyl (C=O) groups is 2. The van der Waals surface area contributed by atoms with Crippen LogP contribution in [0.3, 0.4) is 0 Å². The number of rotatable bonds is 6. The summed E-state index contributed by atoms with van der Waals surface area (Å²) in [5.74, 6) is -0.0560. The number of aryl methyl sites for hydroxylation is 1. The van der Waals surface area contributed by atoms with Crippen molar-refractivity contribution in [1.29, 1.82) is 0 Å². The molecular weight excluding hydrogens is 460 g/mol. The molecular formula is C23H30N4O4S2. The second kappa shape index (κ2) is 10.2. The Kier molecular flexibility index (Phi) is 7.35. The number of benzene rings is 1. The summed E-state index contributed by atoms with van der Waals surface area (Å²) in [7, 11) is -3.53. The summed E-state index contributed by atoms with van der Waals surface area (Å²) < 4.78 is 27.5. The Hall–Kier alpha value is -2.43. The molecule has 10 heteroatoms. The van der Waals surface area contributed by atoms with Crippen molar-refractivity contribution < 1.29 is 18.0 Å². The standard InChI is InChI=1S/C23H30N4O4S2/c1-18-7-8-19(33(30,31)27-9-3-2-4-10-27)16-20(18)24-17-22(28)25-11-13-26(14-12-25)23(29)21-6-5-15-32-21/h5-8,15-16,24H,2-4,9-14,17H2,1H3. The molecule has 0 radical (unpaired) electrons. The van der Waals surface area contributed by atoms with Crippen molar-refractivity contribution >= 4 is 38.9 Å². The number of carbonyl (C=O) groups excluding carboxylic acids is 2. The second-order valence-electron chi connectivity index (χ2n) is 8.45. The number of nitrogens with zero attached hydrogens (tertiary/aromatic N) is 3. The maximum absolute atomic E-state index is 13.0. The van der Waals surface area contributed by atoms with Gasteiger partial charge < -0.3 is 15.1 Å². The lowest BCUT2D eigenvalue weighted by Gasteiger charge is -2.34. The highest BCUT2D eigenvalue weighted by Crippen LogP contribution is 2.25. The molecule has 178 valence electrons. The van der Waals surface area contributed by atoms with Gasteiger partial charge in [-0.1, -0.05) is 18.6 Å². The monoisotopic (exact) mass is 490 g/mol. The fourth-order valence-corrected chi connectivity index (χ4v) is 6.44. The molecule has 0 atom stereocenters. The highest BCUT2D eigenvalue weighted by atomic mass is 32.2. The molecule has 0 unspecified atom stereocenters. The van der Waals surface area contributed by atoms with Crippen LogP contribution in [-0.2, 0) is 14.8 Å². The van der Waals surface area contributed by atoms with Gasteiger partial charge in [0.2, 0.25) is 15.9 Å². The summed E-state index contributed by atoms with van der Waals surface area (Å²) in [5, 5.41) is 5.01. The molecule has 0 spiro atoms. The molecule has 4 rings (SSSR count). The molecule has 2 aliphatic rings. The van der Waals surface area contributed by atoms with E-state index in [-0.39, 0.29) is 23.3 Å². The van der Waals surface area contributed by atoms with Crippen molar-refractivity contribution in [3.8, 4) is 0 Å². The average molecular weight is 491 g/mol. The van der Waals surface area contributed by atoms with Crippen molar-refractivity contribution in [2.75, 3.05) is 51.1 Å². The quantitative estimate of drug-likeness (QED) is 0.672. The first-order valence-electron chi connectivity index (χ1n) is 11.3. The molecule has 1 aromatic carbocycles. The first kappa shape index (κ1) is 23.7. The van der Waals surface area contributed by atoms with Gasteiger partial charge in [0.1, 0.15) is 0 Å². The number of anilines is 1. The molecule has 0 saturated carbocycles. The van der Waals surface area contributed by atoms with E-state index in [1.54, 1.807) is 32.3 Å². The zero-order valence-corrected chi connectivity index (χ0v) is 20.5. The molecule has 2 saturated heterocycles. The normalized spacial score (nSPS) is 17.7. The summed E-state index contributed by atoms with van der Waals surface area (Å²) in [5.41, 5.74) is 1.53. The predicted molar refractivity (Wildman–Crippen MR) is 129 cm³/mol. The van der Waals surface area contributed by atoms with Crippen molar-refractivity contribution in [2.24, 2.45) is 0 Å². The van der Waals surface area contributed by atoms with E-state index in [2.05, 4.69) is 5.32 Å². The number of hydrogen-bond donors (Lipinski definition) is 1. The van der Waals surface area contributed by atoms with Gasteiger partial charge >= 0.3 is 0 Å². The Morgan fingerprint density at radius 1 is 0.970 bits per heavy atom. The molecule has 3 heterocycles. The van der Waals surface area contributed by atoms with Crippen LogP contribution in [0.15, 0.2) is 40.6 Å². The van der Waals surface area contributed by atoms with Crippen LogP contribution >= 0.6 is 11.3 Å². The van der Waals surface area contributed by atoms with Crippen LogP contribution in [-0.4, -0.2) is 80.2 Å². The smallest absolute Gasteiger partial charge is 0.264 e. The van der Waals surface area contributed by atoms with Crippen LogP contribution in [0.25, 0.3) is 0 Å². The Morgan fingerprint density at radius 3 is 2.33 bits per heavy atom. The molecule has 2 aromatic rings. The van der Waals surface area contributed by atoms with Gasteiger partial charge in [0.15, 0.2) is 0 Å². The number of piperidine rings is 1. The van der Waals surface area contributed by atoms with Gasteiger partial charge in [-0.2, -0.15) is 4.31 Å². The maximum atomic E-state index is 13.0. The Labute approximate surface area is 199 Å². The maximum Gasteiger partial charge on any atom is 0.264 e. The minimum Gasteiger partial charge on any atom is -0.376 e. The van der Waals surface area contributed by atoms with E-state index in [1.165, 1.54) is 11.3 Å². The first-order valence-corrected chi connectivity index (χ1v) is 13.6. The Morgan fingerprint density at radius 2 is 1.67 bits per heavy atom. The minimum atomic E-state index is -3.53. The molecule has 1 aromatic heterocycles. The molecule has 1 N–H and O–H groups in total. The van der Waals surface area contributed by atoms with Gasteiger partial charge in [-0.25, -0.2) is 8.42 Å². The van der Waals surface area contributed by atoms with Gasteiger partial charge in [0, 0.05) is 45.0 Å². The van der Waals surface area contributed by atoms with E-state index in [0.717, 1.165) is 24.8 Å². The summed E-state index contributed by atoms with van der Waals surface area (Å²) in [6.45, 7) is 5.05. The lowest BCUT2D eigenvalue weighted by Crippen LogP contribution is -2.51. The summed E-state index contributed by atoms with van der Waals surface area (Å²) in [4.78, 5) is 29.7. The van der Waals surface area contributed by atoms with Crippen LogP contribution in [0.2, 0.25) is 0 Å². The van der Waals surface area contributed by atoms with Crippen molar-refractivity contribution in [2.45, 2.75) is 31.1 Å². The third-order valence-electron chi connectivity index (χ3n) is 6.24. The second-order valence-corrected chi connectivity index (χ2v) is 11.3. The van der Waals surface area contributed by atoms with Crippen molar-refractivity contribution in [3.63, 3.8) is 0 Å². The van der Waals surface area contributed by atoms with E-state index in [9.17, 15) is 18.0 Å². The lowest BCUT2D eigenvalue weighted by atomic mass is 10.2. The molecule has 2 aliphatic heterocycles. The third kappa shape index (κ3) is 5.39. The van der Waals surface area contributed by atoms with Crippen LogP contribution in [0.1, 0.15) is 34.5 Å². The van der Waals surface area contributed by atoms with E-state index in [0.29, 0.717) is 49.8 Å². The number of amides is 2. The van der Waals surface area contributed by atoms with Gasteiger partial charge in [0.05, 0.1) is 16.3 Å². The molecule has 0 bridgehead atoms. The number of sulfonamides is 1. The Bertz CT molecular complexity index is 1090. The molecule has 33 heavy (non-hydrogen) atoms. The minimum absolute atomic E-state index is 0.0116. The SMILES string of the molecule is Cc1ccc(S(=O)(=O)N2CCCCC2)cc1NCC(=O)N1CCN(C(=O)c2cccs2)CC1. The van der Waals surface area contributed by atoms with Crippen LogP contribution < -0.4 is 5.32 Å². The third-order valence-corrected chi connectivity index (χ3v) is 9.00. The summed E-state index contributed by atoms with van der Waals surface area (Å²) in [6.07, 6.45) is 2.83. The molecule has 0 aliphatic carbocycles. The molecule has 2 fully saturated rings. The van der Waals surface area contributed by atoms with Crippen LogP contribution in [0, 0.1) is 6.92 Å². The van der Waals surface area contributed by atoms with Crippen molar-refractivity contribution in [1.82, 2.24) is 14.1 Å². The fourth-order valence-electron chi connectivity index (χ4n) is 4.20. The number of hydrogen-bond acceptors (Lipinski definition) is 6. The number of piperazine rings is 1. The van der Waals surface area contributed by atoms with Gasteiger partial charge in [-0.15, -0.1) is 11.3 Å². The first-order chi connectivity index (χ1) is 15.9. The summed E-state index contributed by atoms with van der Waals surface area (Å²) >= 11 is 1.42. The van der Waals surface area contributed by atoms with E-state index in [4.69, 9.17) is 0 Å². The summed E-state index contributed by atoms with van der Waals surface area (Å²) in [6, 6.07) is 8.72. The van der Waals surface area contributed by atoms with Crippen LogP contribution in [0.4, 0.5) is 5.69 Å². The van der Waals surface area contributed by atoms with Gasteiger partial charge in [-0.05, 0) is 48.9 Å². The predicted octanol–water partition coefficient (Wildman–Crippen LogP) is 2.63. The van der Waals surface area contributed by atoms with Gasteiger partial charge in [-0.3, -0.25) is 9.59 Å². The zero-order chi connectivity index (χ0) is 23.4. The molecule has 2 amide bonds. The lowest BCUT2D eigenvalue weighted by molar-refractivity contribution is -0.130. The highest BCUT2D eigenvalue weighted by molar-refractivity contribution is 7.89. The van der Waals surface area contributed by atoms with Gasteiger partial charge in [0.25, 0.3) is 5.91 Å². The number of nitrogens with one attached hydrogen (secondary N) is 1. The van der Waals surface area contributed by atoms with E-state index >= 15 is 0 Å². The van der Waals surface area contributed by atoms with Crippen molar-refractivity contribution in [3.05, 3.63) is 46.2 Å². The Balaban J connectivity index is 1.34. The largest absolute Gasteiger partial charge is 0.376 e. The van der Waals surface area contributed by atoms with E-state index in [1.807, 2.05) is 24.4 Å². The molecule has 8 nitrogen and oxygen atoms in total. The van der Waals surface area contributed by atoms with Crippen LogP contribution in [0.5, 0.6) is 0 Å². The average Bonchev–Trinajstić information content (AvgIpc) is 3.38. The highest BCUT2D eigenvalue weighted by Gasteiger charge is 2.27. The topological polar surface area (TPSA) is 90.0 Å². The van der Waals surface area contributed by atoms with E-state index < -0.39 is 10.0 Å². The fraction of sp³-hybridized carbons (Fsp3) is 0.478. The zero-order valence-electron chi connectivity index (χ0n) is 18.8.